The number of ether oxygens (including phenoxy) is 1. The second kappa shape index (κ2) is 14.0. The standard InChI is InChI=1S/C20H32Cl2O/c1-2-3-4-5-6-7-8-9-10-11-12-13-16-23-20-15-14-18(21)17-19(20)22/h14-15,17H,2-13,16H2,1H3. The molecule has 0 bridgehead atoms. The average molecular weight is 359 g/mol. The van der Waals surface area contributed by atoms with E-state index in [9.17, 15) is 0 Å². The highest BCUT2D eigenvalue weighted by molar-refractivity contribution is 6.35. The van der Waals surface area contributed by atoms with Gasteiger partial charge >= 0.3 is 0 Å². The van der Waals surface area contributed by atoms with E-state index in [1.165, 1.54) is 70.6 Å². The Bertz CT molecular complexity index is 407. The van der Waals surface area contributed by atoms with Crippen LogP contribution in [0.5, 0.6) is 5.75 Å². The smallest absolute Gasteiger partial charge is 0.137 e. The summed E-state index contributed by atoms with van der Waals surface area (Å²) in [6.07, 6.45) is 16.2. The normalized spacial score (nSPS) is 10.9. The first kappa shape index (κ1) is 20.6. The van der Waals surface area contributed by atoms with Gasteiger partial charge in [0.25, 0.3) is 0 Å². The van der Waals surface area contributed by atoms with Gasteiger partial charge in [0.1, 0.15) is 5.75 Å². The maximum Gasteiger partial charge on any atom is 0.137 e. The largest absolute Gasteiger partial charge is 0.492 e. The van der Waals surface area contributed by atoms with Crippen LogP contribution in [0.3, 0.4) is 0 Å². The van der Waals surface area contributed by atoms with Gasteiger partial charge in [0.2, 0.25) is 0 Å². The molecule has 23 heavy (non-hydrogen) atoms. The molecule has 0 aliphatic carbocycles. The molecule has 0 aliphatic rings. The van der Waals surface area contributed by atoms with Crippen molar-refractivity contribution in [3.8, 4) is 5.75 Å². The zero-order valence-electron chi connectivity index (χ0n) is 14.6. The summed E-state index contributed by atoms with van der Waals surface area (Å²) in [5.41, 5.74) is 0. The van der Waals surface area contributed by atoms with Gasteiger partial charge < -0.3 is 4.74 Å². The van der Waals surface area contributed by atoms with Crippen LogP contribution in [0.15, 0.2) is 18.2 Å². The second-order valence-electron chi connectivity index (χ2n) is 6.31. The Morgan fingerprint density at radius 3 is 1.78 bits per heavy atom. The highest BCUT2D eigenvalue weighted by Crippen LogP contribution is 2.27. The highest BCUT2D eigenvalue weighted by Gasteiger charge is 2.01. The maximum absolute atomic E-state index is 6.07. The Kier molecular flexibility index (Phi) is 12.6. The monoisotopic (exact) mass is 358 g/mol. The lowest BCUT2D eigenvalue weighted by Crippen LogP contribution is -1.97. The van der Waals surface area contributed by atoms with E-state index in [4.69, 9.17) is 27.9 Å². The fraction of sp³-hybridized carbons (Fsp3) is 0.700. The first-order valence-electron chi connectivity index (χ1n) is 9.32. The molecule has 0 spiro atoms. The van der Waals surface area contributed by atoms with Gasteiger partial charge in [0.15, 0.2) is 0 Å². The van der Waals surface area contributed by atoms with Crippen molar-refractivity contribution in [2.45, 2.75) is 84.0 Å². The van der Waals surface area contributed by atoms with Crippen molar-refractivity contribution in [3.63, 3.8) is 0 Å². The van der Waals surface area contributed by atoms with Gasteiger partial charge in [0.05, 0.1) is 11.6 Å². The molecule has 0 aliphatic heterocycles. The Balaban J connectivity index is 1.86. The fourth-order valence-corrected chi connectivity index (χ4v) is 3.18. The van der Waals surface area contributed by atoms with Crippen LogP contribution in [0.2, 0.25) is 10.0 Å². The molecule has 3 heteroatoms. The lowest BCUT2D eigenvalue weighted by atomic mass is 10.1. The summed E-state index contributed by atoms with van der Waals surface area (Å²) < 4.78 is 5.69. The predicted octanol–water partition coefficient (Wildman–Crippen LogP) is 8.07. The van der Waals surface area contributed by atoms with Gasteiger partial charge in [-0.1, -0.05) is 101 Å². The molecule has 1 rings (SSSR count). The van der Waals surface area contributed by atoms with Crippen molar-refractivity contribution in [2.24, 2.45) is 0 Å². The molecular weight excluding hydrogens is 327 g/mol. The molecule has 0 unspecified atom stereocenters. The average Bonchev–Trinajstić information content (AvgIpc) is 2.53. The van der Waals surface area contributed by atoms with E-state index in [0.717, 1.165) is 18.8 Å². The lowest BCUT2D eigenvalue weighted by Gasteiger charge is -2.08. The van der Waals surface area contributed by atoms with E-state index >= 15 is 0 Å². The summed E-state index contributed by atoms with van der Waals surface area (Å²) in [6.45, 7) is 3.01. The van der Waals surface area contributed by atoms with Crippen LogP contribution in [-0.2, 0) is 0 Å². The molecule has 132 valence electrons. The maximum atomic E-state index is 6.07. The second-order valence-corrected chi connectivity index (χ2v) is 7.16. The number of unbranched alkanes of at least 4 members (excludes halogenated alkanes) is 11. The zero-order valence-corrected chi connectivity index (χ0v) is 16.1. The predicted molar refractivity (Wildman–Crippen MR) is 103 cm³/mol. The van der Waals surface area contributed by atoms with Crippen LogP contribution in [0.4, 0.5) is 0 Å². The summed E-state index contributed by atoms with van der Waals surface area (Å²) in [7, 11) is 0. The Hall–Kier alpha value is -0.400. The van der Waals surface area contributed by atoms with Gasteiger partial charge in [-0.2, -0.15) is 0 Å². The molecule has 1 nitrogen and oxygen atoms in total. The quantitative estimate of drug-likeness (QED) is 0.305. The van der Waals surface area contributed by atoms with Crippen molar-refractivity contribution < 1.29 is 4.74 Å². The molecule has 0 N–H and O–H groups in total. The minimum absolute atomic E-state index is 0.594. The first-order chi connectivity index (χ1) is 11.2. The van der Waals surface area contributed by atoms with Crippen LogP contribution in [0.1, 0.15) is 84.0 Å². The fourth-order valence-electron chi connectivity index (χ4n) is 2.72. The third-order valence-electron chi connectivity index (χ3n) is 4.15. The summed E-state index contributed by atoms with van der Waals surface area (Å²) >= 11 is 11.9. The molecule has 1 aromatic carbocycles. The van der Waals surface area contributed by atoms with Crippen molar-refractivity contribution in [1.29, 1.82) is 0 Å². The van der Waals surface area contributed by atoms with Gasteiger partial charge in [-0.15, -0.1) is 0 Å². The first-order valence-corrected chi connectivity index (χ1v) is 10.1. The minimum Gasteiger partial charge on any atom is -0.492 e. The van der Waals surface area contributed by atoms with Gasteiger partial charge in [-0.25, -0.2) is 0 Å². The number of rotatable bonds is 14. The molecule has 0 atom stereocenters. The Morgan fingerprint density at radius 2 is 1.26 bits per heavy atom. The molecular formula is C20H32Cl2O. The van der Waals surface area contributed by atoms with E-state index in [-0.39, 0.29) is 0 Å². The number of hydrogen-bond acceptors (Lipinski definition) is 1. The summed E-state index contributed by atoms with van der Waals surface area (Å²) in [4.78, 5) is 0. The molecule has 0 saturated heterocycles. The summed E-state index contributed by atoms with van der Waals surface area (Å²) in [6, 6.07) is 5.37. The summed E-state index contributed by atoms with van der Waals surface area (Å²) in [5, 5.41) is 1.24. The van der Waals surface area contributed by atoms with Gasteiger partial charge in [0, 0.05) is 5.02 Å². The van der Waals surface area contributed by atoms with Gasteiger partial charge in [-0.3, -0.25) is 0 Å². The zero-order chi connectivity index (χ0) is 16.8. The molecule has 0 radical (unpaired) electrons. The number of hydrogen-bond donors (Lipinski definition) is 0. The lowest BCUT2D eigenvalue weighted by molar-refractivity contribution is 0.304. The topological polar surface area (TPSA) is 9.23 Å². The van der Waals surface area contributed by atoms with Crippen LogP contribution in [-0.4, -0.2) is 6.61 Å². The SMILES string of the molecule is CCCCCCCCCCCCCCOc1ccc(Cl)cc1Cl. The van der Waals surface area contributed by atoms with E-state index in [1.54, 1.807) is 6.07 Å². The number of halogens is 2. The van der Waals surface area contributed by atoms with Crippen molar-refractivity contribution in [1.82, 2.24) is 0 Å². The highest BCUT2D eigenvalue weighted by atomic mass is 35.5. The van der Waals surface area contributed by atoms with E-state index < -0.39 is 0 Å². The van der Waals surface area contributed by atoms with Crippen molar-refractivity contribution >= 4 is 23.2 Å². The van der Waals surface area contributed by atoms with Crippen LogP contribution < -0.4 is 4.74 Å². The third kappa shape index (κ3) is 10.9. The molecule has 0 heterocycles. The molecule has 0 amide bonds. The minimum atomic E-state index is 0.594. The summed E-state index contributed by atoms with van der Waals surface area (Å²) in [5.74, 6) is 0.735. The van der Waals surface area contributed by atoms with E-state index in [1.807, 2.05) is 12.1 Å². The number of benzene rings is 1. The van der Waals surface area contributed by atoms with Crippen molar-refractivity contribution in [3.05, 3.63) is 28.2 Å². The van der Waals surface area contributed by atoms with Crippen LogP contribution in [0.25, 0.3) is 0 Å². The molecule has 1 aromatic rings. The Morgan fingerprint density at radius 1 is 0.739 bits per heavy atom. The van der Waals surface area contributed by atoms with E-state index in [2.05, 4.69) is 6.92 Å². The van der Waals surface area contributed by atoms with Crippen molar-refractivity contribution in [2.75, 3.05) is 6.61 Å². The van der Waals surface area contributed by atoms with Crippen LogP contribution >= 0.6 is 23.2 Å². The van der Waals surface area contributed by atoms with E-state index in [0.29, 0.717) is 10.0 Å². The molecule has 0 fully saturated rings. The molecule has 0 aromatic heterocycles. The van der Waals surface area contributed by atoms with Crippen LogP contribution in [0, 0.1) is 0 Å². The molecule has 0 saturated carbocycles. The Labute approximate surface area is 152 Å². The van der Waals surface area contributed by atoms with Gasteiger partial charge in [-0.05, 0) is 24.6 Å². The third-order valence-corrected chi connectivity index (χ3v) is 4.68.